The minimum absolute atomic E-state index is 0.276. The SMILES string of the molecule is COc1ccc(/C=N\NC(=O)c2ccc(-c3nc4ccc(C)cc4[nH]3)cc2)cc1. The van der Waals surface area contributed by atoms with Crippen molar-refractivity contribution in [3.05, 3.63) is 83.4 Å². The number of hydrogen-bond acceptors (Lipinski definition) is 4. The Hall–Kier alpha value is -3.93. The third-order valence-corrected chi connectivity index (χ3v) is 4.55. The number of hydrogen-bond donors (Lipinski definition) is 2. The zero-order valence-electron chi connectivity index (χ0n) is 16.1. The first-order valence-electron chi connectivity index (χ1n) is 9.16. The van der Waals surface area contributed by atoms with Gasteiger partial charge in [0.1, 0.15) is 11.6 Å². The molecule has 0 bridgehead atoms. The predicted octanol–water partition coefficient (Wildman–Crippen LogP) is 4.31. The fraction of sp³-hybridized carbons (Fsp3) is 0.0870. The van der Waals surface area contributed by atoms with Crippen LogP contribution in [0, 0.1) is 6.92 Å². The van der Waals surface area contributed by atoms with Gasteiger partial charge in [-0.15, -0.1) is 0 Å². The Morgan fingerprint density at radius 3 is 2.55 bits per heavy atom. The number of fused-ring (bicyclic) bond motifs is 1. The summed E-state index contributed by atoms with van der Waals surface area (Å²) in [4.78, 5) is 20.2. The van der Waals surface area contributed by atoms with Crippen molar-refractivity contribution in [3.8, 4) is 17.1 Å². The van der Waals surface area contributed by atoms with Gasteiger partial charge in [-0.1, -0.05) is 18.2 Å². The summed E-state index contributed by atoms with van der Waals surface area (Å²) in [5.41, 5.74) is 7.92. The predicted molar refractivity (Wildman–Crippen MR) is 114 cm³/mol. The Morgan fingerprint density at radius 2 is 1.83 bits per heavy atom. The van der Waals surface area contributed by atoms with E-state index in [4.69, 9.17) is 4.74 Å². The summed E-state index contributed by atoms with van der Waals surface area (Å²) in [5.74, 6) is 1.27. The maximum Gasteiger partial charge on any atom is 0.271 e. The molecule has 6 nitrogen and oxygen atoms in total. The quantitative estimate of drug-likeness (QED) is 0.397. The zero-order valence-corrected chi connectivity index (χ0v) is 16.1. The lowest BCUT2D eigenvalue weighted by molar-refractivity contribution is 0.0955. The molecule has 0 unspecified atom stereocenters. The van der Waals surface area contributed by atoms with Gasteiger partial charge in [0.15, 0.2) is 0 Å². The highest BCUT2D eigenvalue weighted by atomic mass is 16.5. The molecule has 0 aliphatic heterocycles. The molecular weight excluding hydrogens is 364 g/mol. The highest BCUT2D eigenvalue weighted by Gasteiger charge is 2.08. The van der Waals surface area contributed by atoms with Crippen molar-refractivity contribution in [2.45, 2.75) is 6.92 Å². The van der Waals surface area contributed by atoms with Crippen molar-refractivity contribution >= 4 is 23.2 Å². The van der Waals surface area contributed by atoms with Crippen molar-refractivity contribution in [2.24, 2.45) is 5.10 Å². The summed E-state index contributed by atoms with van der Waals surface area (Å²) in [5, 5.41) is 4.01. The van der Waals surface area contributed by atoms with Gasteiger partial charge < -0.3 is 9.72 Å². The number of amides is 1. The highest BCUT2D eigenvalue weighted by molar-refractivity contribution is 5.95. The summed E-state index contributed by atoms with van der Waals surface area (Å²) >= 11 is 0. The van der Waals surface area contributed by atoms with Gasteiger partial charge in [0.05, 0.1) is 24.4 Å². The summed E-state index contributed by atoms with van der Waals surface area (Å²) in [6.45, 7) is 2.05. The van der Waals surface area contributed by atoms with Gasteiger partial charge in [-0.05, 0) is 66.6 Å². The summed E-state index contributed by atoms with van der Waals surface area (Å²) in [6.07, 6.45) is 1.59. The van der Waals surface area contributed by atoms with E-state index < -0.39 is 0 Å². The second-order valence-corrected chi connectivity index (χ2v) is 6.66. The molecule has 4 aromatic rings. The van der Waals surface area contributed by atoms with E-state index in [9.17, 15) is 4.79 Å². The van der Waals surface area contributed by atoms with E-state index in [0.717, 1.165) is 33.7 Å². The first kappa shape index (κ1) is 18.4. The molecule has 1 aromatic heterocycles. The molecule has 0 aliphatic carbocycles. The van der Waals surface area contributed by atoms with Crippen molar-refractivity contribution in [3.63, 3.8) is 0 Å². The number of methoxy groups -OCH3 is 1. The van der Waals surface area contributed by atoms with E-state index in [1.807, 2.05) is 55.5 Å². The second-order valence-electron chi connectivity index (χ2n) is 6.66. The van der Waals surface area contributed by atoms with Crippen LogP contribution < -0.4 is 10.2 Å². The van der Waals surface area contributed by atoms with Crippen LogP contribution in [0.4, 0.5) is 0 Å². The van der Waals surface area contributed by atoms with Crippen LogP contribution in [0.15, 0.2) is 71.8 Å². The molecule has 0 spiro atoms. The smallest absolute Gasteiger partial charge is 0.271 e. The van der Waals surface area contributed by atoms with Crippen LogP contribution in [-0.4, -0.2) is 29.2 Å². The second kappa shape index (κ2) is 7.98. The lowest BCUT2D eigenvalue weighted by Crippen LogP contribution is -2.17. The van der Waals surface area contributed by atoms with E-state index in [1.165, 1.54) is 5.56 Å². The number of aryl methyl sites for hydroxylation is 1. The fourth-order valence-electron chi connectivity index (χ4n) is 2.96. The standard InChI is InChI=1S/C23H20N4O2/c1-15-3-12-20-21(13-15)26-22(25-20)17-6-8-18(9-7-17)23(28)27-24-14-16-4-10-19(29-2)11-5-16/h3-14H,1-2H3,(H,25,26)(H,27,28)/b24-14-. The normalized spacial score (nSPS) is 11.1. The number of rotatable bonds is 5. The number of imidazole rings is 1. The van der Waals surface area contributed by atoms with Gasteiger partial charge in [0.2, 0.25) is 0 Å². The Morgan fingerprint density at radius 1 is 1.07 bits per heavy atom. The molecule has 6 heteroatoms. The number of nitrogens with zero attached hydrogens (tertiary/aromatic N) is 2. The molecule has 0 fully saturated rings. The Labute approximate surface area is 168 Å². The van der Waals surface area contributed by atoms with Crippen molar-refractivity contribution in [1.82, 2.24) is 15.4 Å². The van der Waals surface area contributed by atoms with Crippen molar-refractivity contribution in [1.29, 1.82) is 0 Å². The molecule has 1 heterocycles. The zero-order chi connectivity index (χ0) is 20.2. The summed E-state index contributed by atoms with van der Waals surface area (Å²) < 4.78 is 5.11. The van der Waals surface area contributed by atoms with Gasteiger partial charge in [-0.2, -0.15) is 5.10 Å². The van der Waals surface area contributed by atoms with Crippen LogP contribution in [0.3, 0.4) is 0 Å². The average molecular weight is 384 g/mol. The molecule has 4 rings (SSSR count). The third-order valence-electron chi connectivity index (χ3n) is 4.55. The highest BCUT2D eigenvalue weighted by Crippen LogP contribution is 2.21. The summed E-state index contributed by atoms with van der Waals surface area (Å²) in [7, 11) is 1.61. The first-order chi connectivity index (χ1) is 14.1. The summed E-state index contributed by atoms with van der Waals surface area (Å²) in [6, 6.07) is 20.7. The number of carbonyl (C=O) groups is 1. The van der Waals surface area contributed by atoms with Gasteiger partial charge in [-0.25, -0.2) is 10.4 Å². The number of hydrazone groups is 1. The maximum absolute atomic E-state index is 12.3. The Bertz CT molecular complexity index is 1180. The van der Waals surface area contributed by atoms with E-state index in [1.54, 1.807) is 25.5 Å². The molecular formula is C23H20N4O2. The minimum Gasteiger partial charge on any atom is -0.497 e. The molecule has 0 saturated carbocycles. The lowest BCUT2D eigenvalue weighted by Gasteiger charge is -2.02. The first-order valence-corrected chi connectivity index (χ1v) is 9.16. The number of aromatic nitrogens is 2. The molecule has 1 amide bonds. The molecule has 0 saturated heterocycles. The van der Waals surface area contributed by atoms with E-state index in [2.05, 4.69) is 26.6 Å². The van der Waals surface area contributed by atoms with Gasteiger partial charge in [0.25, 0.3) is 5.91 Å². The van der Waals surface area contributed by atoms with Gasteiger partial charge in [0, 0.05) is 11.1 Å². The Balaban J connectivity index is 1.43. The molecule has 29 heavy (non-hydrogen) atoms. The molecule has 0 aliphatic rings. The van der Waals surface area contributed by atoms with Crippen LogP contribution >= 0.6 is 0 Å². The monoisotopic (exact) mass is 384 g/mol. The topological polar surface area (TPSA) is 79.4 Å². The Kier molecular flexibility index (Phi) is 5.07. The number of carbonyl (C=O) groups excluding carboxylic acids is 1. The number of aromatic amines is 1. The molecule has 144 valence electrons. The largest absolute Gasteiger partial charge is 0.497 e. The van der Waals surface area contributed by atoms with Crippen LogP contribution in [0.25, 0.3) is 22.4 Å². The third kappa shape index (κ3) is 4.16. The van der Waals surface area contributed by atoms with Gasteiger partial charge in [-0.3, -0.25) is 4.79 Å². The van der Waals surface area contributed by atoms with Crippen molar-refractivity contribution < 1.29 is 9.53 Å². The lowest BCUT2D eigenvalue weighted by atomic mass is 10.1. The van der Waals surface area contributed by atoms with Crippen LogP contribution in [0.5, 0.6) is 5.75 Å². The van der Waals surface area contributed by atoms with E-state index in [-0.39, 0.29) is 5.91 Å². The number of benzene rings is 3. The molecule has 2 N–H and O–H groups in total. The van der Waals surface area contributed by atoms with E-state index in [0.29, 0.717) is 5.56 Å². The molecule has 0 atom stereocenters. The number of ether oxygens (including phenoxy) is 1. The molecule has 0 radical (unpaired) electrons. The molecule has 3 aromatic carbocycles. The van der Waals surface area contributed by atoms with Gasteiger partial charge >= 0.3 is 0 Å². The number of nitrogens with one attached hydrogen (secondary N) is 2. The van der Waals surface area contributed by atoms with Crippen molar-refractivity contribution in [2.75, 3.05) is 7.11 Å². The van der Waals surface area contributed by atoms with Crippen LogP contribution in [0.2, 0.25) is 0 Å². The van der Waals surface area contributed by atoms with Crippen LogP contribution in [-0.2, 0) is 0 Å². The van der Waals surface area contributed by atoms with Crippen LogP contribution in [0.1, 0.15) is 21.5 Å². The fourth-order valence-corrected chi connectivity index (χ4v) is 2.96. The number of H-pyrrole nitrogens is 1. The average Bonchev–Trinajstić information content (AvgIpc) is 3.17. The van der Waals surface area contributed by atoms with E-state index >= 15 is 0 Å². The maximum atomic E-state index is 12.3. The minimum atomic E-state index is -0.276.